The highest BCUT2D eigenvalue weighted by molar-refractivity contribution is 6.31. The quantitative estimate of drug-likeness (QED) is 0.903. The highest BCUT2D eigenvalue weighted by atomic mass is 35.5. The van der Waals surface area contributed by atoms with E-state index in [1.807, 2.05) is 37.3 Å². The standard InChI is InChI=1S/C17H17ClO3/c1-10-3-4-11(7-14(10)18)16-9-15(19)13-6-5-12(20-2)8-17(13)21-16/h3-8,15-16,19H,9H2,1-2H3/t15-,16?/m1/s1. The van der Waals surface area contributed by atoms with E-state index in [0.717, 1.165) is 16.7 Å². The number of halogens is 1. The van der Waals surface area contributed by atoms with Crippen molar-refractivity contribution in [2.45, 2.75) is 25.6 Å². The van der Waals surface area contributed by atoms with Crippen LogP contribution in [0.5, 0.6) is 11.5 Å². The van der Waals surface area contributed by atoms with Gasteiger partial charge in [0.1, 0.15) is 17.6 Å². The molecule has 0 bridgehead atoms. The first-order valence-corrected chi connectivity index (χ1v) is 7.25. The van der Waals surface area contributed by atoms with Crippen molar-refractivity contribution in [3.8, 4) is 11.5 Å². The minimum atomic E-state index is -0.551. The van der Waals surface area contributed by atoms with Crippen LogP contribution in [0.4, 0.5) is 0 Å². The van der Waals surface area contributed by atoms with Crippen LogP contribution >= 0.6 is 11.6 Å². The van der Waals surface area contributed by atoms with Gasteiger partial charge in [0.05, 0.1) is 13.2 Å². The van der Waals surface area contributed by atoms with E-state index in [4.69, 9.17) is 21.1 Å². The minimum absolute atomic E-state index is 0.210. The molecule has 110 valence electrons. The molecule has 0 aliphatic carbocycles. The van der Waals surface area contributed by atoms with E-state index in [0.29, 0.717) is 22.9 Å². The van der Waals surface area contributed by atoms with E-state index in [1.165, 1.54) is 0 Å². The van der Waals surface area contributed by atoms with Crippen molar-refractivity contribution in [1.82, 2.24) is 0 Å². The number of benzene rings is 2. The Labute approximate surface area is 129 Å². The van der Waals surface area contributed by atoms with E-state index >= 15 is 0 Å². The normalized spacial score (nSPS) is 20.6. The molecular formula is C17H17ClO3. The summed E-state index contributed by atoms with van der Waals surface area (Å²) in [6.45, 7) is 1.96. The Morgan fingerprint density at radius 3 is 2.76 bits per heavy atom. The van der Waals surface area contributed by atoms with Crippen molar-refractivity contribution in [3.05, 3.63) is 58.1 Å². The number of fused-ring (bicyclic) bond motifs is 1. The molecule has 0 amide bonds. The van der Waals surface area contributed by atoms with Crippen molar-refractivity contribution < 1.29 is 14.6 Å². The molecule has 0 saturated heterocycles. The largest absolute Gasteiger partial charge is 0.497 e. The average Bonchev–Trinajstić information content (AvgIpc) is 2.49. The lowest BCUT2D eigenvalue weighted by atomic mass is 9.94. The van der Waals surface area contributed by atoms with Gasteiger partial charge in [-0.15, -0.1) is 0 Å². The second-order valence-electron chi connectivity index (χ2n) is 5.27. The molecule has 1 aliphatic heterocycles. The monoisotopic (exact) mass is 304 g/mol. The fraction of sp³-hybridized carbons (Fsp3) is 0.294. The molecule has 3 nitrogen and oxygen atoms in total. The van der Waals surface area contributed by atoms with E-state index in [2.05, 4.69) is 0 Å². The average molecular weight is 305 g/mol. The van der Waals surface area contributed by atoms with E-state index in [-0.39, 0.29) is 6.10 Å². The third-order valence-corrected chi connectivity index (χ3v) is 4.26. The van der Waals surface area contributed by atoms with E-state index < -0.39 is 6.10 Å². The van der Waals surface area contributed by atoms with Gasteiger partial charge in [-0.25, -0.2) is 0 Å². The molecule has 0 saturated carbocycles. The molecule has 4 heteroatoms. The number of methoxy groups -OCH3 is 1. The maximum Gasteiger partial charge on any atom is 0.129 e. The number of hydrogen-bond acceptors (Lipinski definition) is 3. The van der Waals surface area contributed by atoms with Crippen LogP contribution < -0.4 is 9.47 Å². The molecule has 3 rings (SSSR count). The topological polar surface area (TPSA) is 38.7 Å². The molecule has 1 N–H and O–H groups in total. The maximum atomic E-state index is 10.3. The zero-order valence-corrected chi connectivity index (χ0v) is 12.7. The van der Waals surface area contributed by atoms with Crippen LogP contribution in [0, 0.1) is 6.92 Å². The van der Waals surface area contributed by atoms with Crippen molar-refractivity contribution in [2.75, 3.05) is 7.11 Å². The van der Waals surface area contributed by atoms with Crippen LogP contribution in [0.15, 0.2) is 36.4 Å². The Kier molecular flexibility index (Phi) is 3.79. The summed E-state index contributed by atoms with van der Waals surface area (Å²) in [6.07, 6.45) is -0.249. The summed E-state index contributed by atoms with van der Waals surface area (Å²) in [6, 6.07) is 11.3. The Bertz CT molecular complexity index is 669. The van der Waals surface area contributed by atoms with Crippen molar-refractivity contribution in [3.63, 3.8) is 0 Å². The Balaban J connectivity index is 1.94. The zero-order chi connectivity index (χ0) is 15.0. The summed E-state index contributed by atoms with van der Waals surface area (Å²) < 4.78 is 11.2. The molecule has 1 heterocycles. The second-order valence-corrected chi connectivity index (χ2v) is 5.68. The summed E-state index contributed by atoms with van der Waals surface area (Å²) >= 11 is 6.18. The summed E-state index contributed by atoms with van der Waals surface area (Å²) in [5.74, 6) is 1.37. The number of rotatable bonds is 2. The lowest BCUT2D eigenvalue weighted by Gasteiger charge is -2.30. The van der Waals surface area contributed by atoms with Gasteiger partial charge >= 0.3 is 0 Å². The predicted octanol–water partition coefficient (Wildman–Crippen LogP) is 4.21. The SMILES string of the molecule is COc1ccc2c(c1)OC(c1ccc(C)c(Cl)c1)C[C@H]2O. The van der Waals surface area contributed by atoms with Crippen LogP contribution in [0.25, 0.3) is 0 Å². The van der Waals surface area contributed by atoms with E-state index in [9.17, 15) is 5.11 Å². The molecule has 0 spiro atoms. The van der Waals surface area contributed by atoms with Crippen LogP contribution in [0.2, 0.25) is 5.02 Å². The van der Waals surface area contributed by atoms with Gasteiger partial charge in [0.25, 0.3) is 0 Å². The smallest absolute Gasteiger partial charge is 0.129 e. The van der Waals surface area contributed by atoms with E-state index in [1.54, 1.807) is 13.2 Å². The minimum Gasteiger partial charge on any atom is -0.497 e. The van der Waals surface area contributed by atoms with Crippen molar-refractivity contribution >= 4 is 11.6 Å². The molecule has 0 fully saturated rings. The third-order valence-electron chi connectivity index (χ3n) is 3.85. The van der Waals surface area contributed by atoms with Gasteiger partial charge in [-0.2, -0.15) is 0 Å². The first-order valence-electron chi connectivity index (χ1n) is 6.87. The van der Waals surface area contributed by atoms with Crippen LogP contribution in [-0.2, 0) is 0 Å². The first kappa shape index (κ1) is 14.2. The molecular weight excluding hydrogens is 288 g/mol. The van der Waals surface area contributed by atoms with Crippen molar-refractivity contribution in [1.29, 1.82) is 0 Å². The molecule has 2 aromatic carbocycles. The molecule has 0 radical (unpaired) electrons. The number of aliphatic hydroxyl groups is 1. The van der Waals surface area contributed by atoms with Gasteiger partial charge in [-0.3, -0.25) is 0 Å². The Morgan fingerprint density at radius 2 is 2.05 bits per heavy atom. The third kappa shape index (κ3) is 2.71. The van der Waals surface area contributed by atoms with Crippen LogP contribution in [0.1, 0.15) is 35.3 Å². The van der Waals surface area contributed by atoms with Gasteiger partial charge in [0, 0.05) is 23.1 Å². The fourth-order valence-electron chi connectivity index (χ4n) is 2.56. The van der Waals surface area contributed by atoms with Gasteiger partial charge < -0.3 is 14.6 Å². The fourth-order valence-corrected chi connectivity index (χ4v) is 2.75. The first-order chi connectivity index (χ1) is 10.1. The number of aryl methyl sites for hydroxylation is 1. The Morgan fingerprint density at radius 1 is 1.24 bits per heavy atom. The number of hydrogen-bond donors (Lipinski definition) is 1. The zero-order valence-electron chi connectivity index (χ0n) is 12.0. The summed E-state index contributed by atoms with van der Waals surface area (Å²) in [5, 5.41) is 11.0. The van der Waals surface area contributed by atoms with Gasteiger partial charge in [0.2, 0.25) is 0 Å². The van der Waals surface area contributed by atoms with Crippen LogP contribution in [0.3, 0.4) is 0 Å². The van der Waals surface area contributed by atoms with Crippen LogP contribution in [-0.4, -0.2) is 12.2 Å². The highest BCUT2D eigenvalue weighted by Crippen LogP contribution is 2.42. The number of aliphatic hydroxyl groups excluding tert-OH is 1. The van der Waals surface area contributed by atoms with Gasteiger partial charge in [0.15, 0.2) is 0 Å². The predicted molar refractivity (Wildman–Crippen MR) is 82.1 cm³/mol. The molecule has 2 atom stereocenters. The summed E-state index contributed by atoms with van der Waals surface area (Å²) in [7, 11) is 1.61. The highest BCUT2D eigenvalue weighted by Gasteiger charge is 2.28. The lowest BCUT2D eigenvalue weighted by Crippen LogP contribution is -2.19. The maximum absolute atomic E-state index is 10.3. The lowest BCUT2D eigenvalue weighted by molar-refractivity contribution is 0.0655. The van der Waals surface area contributed by atoms with Gasteiger partial charge in [-0.05, 0) is 36.2 Å². The molecule has 21 heavy (non-hydrogen) atoms. The summed E-state index contributed by atoms with van der Waals surface area (Å²) in [4.78, 5) is 0. The van der Waals surface area contributed by atoms with Gasteiger partial charge in [-0.1, -0.05) is 23.7 Å². The number of ether oxygens (including phenoxy) is 2. The molecule has 1 unspecified atom stereocenters. The Hall–Kier alpha value is -1.71. The van der Waals surface area contributed by atoms with Crippen molar-refractivity contribution in [2.24, 2.45) is 0 Å². The molecule has 2 aromatic rings. The summed E-state index contributed by atoms with van der Waals surface area (Å²) in [5.41, 5.74) is 2.79. The second kappa shape index (κ2) is 5.58. The molecule has 1 aliphatic rings. The molecule has 0 aromatic heterocycles.